The van der Waals surface area contributed by atoms with E-state index in [1.165, 1.54) is 12.1 Å². The first-order chi connectivity index (χ1) is 11.7. The average Bonchev–Trinajstić information content (AvgIpc) is 3.05. The van der Waals surface area contributed by atoms with E-state index in [9.17, 15) is 12.8 Å². The van der Waals surface area contributed by atoms with Gasteiger partial charge in [0.25, 0.3) is 15.9 Å². The highest BCUT2D eigenvalue weighted by Gasteiger charge is 2.27. The molecule has 0 fully saturated rings. The van der Waals surface area contributed by atoms with Crippen molar-refractivity contribution in [2.24, 2.45) is 0 Å². The maximum atomic E-state index is 13.9. The number of aromatic amines is 1. The third-order valence-corrected chi connectivity index (χ3v) is 5.43. The number of rotatable bonds is 4. The lowest BCUT2D eigenvalue weighted by Gasteiger charge is -2.10. The predicted molar refractivity (Wildman–Crippen MR) is 90.5 cm³/mol. The highest BCUT2D eigenvalue weighted by atomic mass is 35.5. The maximum Gasteiger partial charge on any atom is 0.264 e. The van der Waals surface area contributed by atoms with Gasteiger partial charge < -0.3 is 9.40 Å². The van der Waals surface area contributed by atoms with Crippen LogP contribution in [0.15, 0.2) is 27.5 Å². The van der Waals surface area contributed by atoms with Crippen molar-refractivity contribution in [3.63, 3.8) is 0 Å². The van der Waals surface area contributed by atoms with Gasteiger partial charge in [-0.25, -0.2) is 12.8 Å². The van der Waals surface area contributed by atoms with Gasteiger partial charge in [0.1, 0.15) is 16.4 Å². The lowest BCUT2D eigenvalue weighted by Crippen LogP contribution is -2.15. The van der Waals surface area contributed by atoms with Crippen LogP contribution in [0.4, 0.5) is 10.1 Å². The van der Waals surface area contributed by atoms with Gasteiger partial charge in [-0.2, -0.15) is 0 Å². The topological polar surface area (TPSA) is 101 Å². The number of hydrogen-bond donors (Lipinski definition) is 2. The first kappa shape index (κ1) is 17.4. The first-order valence-electron chi connectivity index (χ1n) is 7.16. The lowest BCUT2D eigenvalue weighted by atomic mass is 10.2. The number of nitrogens with zero attached hydrogens (tertiary/aromatic N) is 2. The molecular formula is C15H14ClFN4O3S. The predicted octanol–water partition coefficient (Wildman–Crippen LogP) is 3.58. The molecule has 0 aliphatic rings. The normalized spacial score (nSPS) is 11.7. The molecule has 0 saturated carbocycles. The second-order valence-corrected chi connectivity index (χ2v) is 7.49. The minimum atomic E-state index is -4.04. The smallest absolute Gasteiger partial charge is 0.264 e. The minimum Gasteiger partial charge on any atom is -0.420 e. The van der Waals surface area contributed by atoms with E-state index in [1.807, 2.05) is 0 Å². The minimum absolute atomic E-state index is 0.00676. The van der Waals surface area contributed by atoms with Gasteiger partial charge in [-0.05, 0) is 32.0 Å². The summed E-state index contributed by atoms with van der Waals surface area (Å²) in [5, 5.41) is 7.78. The number of anilines is 1. The van der Waals surface area contributed by atoms with Crippen LogP contribution in [0, 0.1) is 26.6 Å². The Kier molecular flexibility index (Phi) is 4.29. The molecule has 2 N–H and O–H groups in total. The highest BCUT2D eigenvalue weighted by Crippen LogP contribution is 2.31. The molecule has 0 bridgehead atoms. The molecule has 132 valence electrons. The Morgan fingerprint density at radius 2 is 1.96 bits per heavy atom. The molecule has 0 spiro atoms. The number of H-pyrrole nitrogens is 1. The van der Waals surface area contributed by atoms with Crippen molar-refractivity contribution < 1.29 is 17.2 Å². The van der Waals surface area contributed by atoms with E-state index >= 15 is 0 Å². The lowest BCUT2D eigenvalue weighted by molar-refractivity contribution is 0.531. The van der Waals surface area contributed by atoms with Crippen LogP contribution in [0.2, 0.25) is 5.02 Å². The summed E-state index contributed by atoms with van der Waals surface area (Å²) in [5.74, 6) is -0.237. The summed E-state index contributed by atoms with van der Waals surface area (Å²) in [6.45, 7) is 4.82. The summed E-state index contributed by atoms with van der Waals surface area (Å²) in [4.78, 5) is 2.92. The second kappa shape index (κ2) is 6.16. The Balaban J connectivity index is 2.04. The Hall–Kier alpha value is -2.39. The number of benzene rings is 1. The molecule has 2 aromatic heterocycles. The summed E-state index contributed by atoms with van der Waals surface area (Å²) in [7, 11) is -4.04. The van der Waals surface area contributed by atoms with E-state index in [0.29, 0.717) is 22.8 Å². The zero-order valence-corrected chi connectivity index (χ0v) is 15.1. The fourth-order valence-corrected chi connectivity index (χ4v) is 4.19. The Labute approximate surface area is 148 Å². The molecule has 2 heterocycles. The van der Waals surface area contributed by atoms with Gasteiger partial charge in [-0.1, -0.05) is 11.6 Å². The van der Waals surface area contributed by atoms with Gasteiger partial charge >= 0.3 is 0 Å². The number of aromatic nitrogens is 3. The van der Waals surface area contributed by atoms with E-state index in [2.05, 4.69) is 19.9 Å². The fraction of sp³-hybridized carbons (Fsp3) is 0.200. The molecule has 1 aromatic carbocycles. The molecule has 10 heteroatoms. The molecule has 0 aliphatic heterocycles. The average molecular weight is 385 g/mol. The van der Waals surface area contributed by atoms with Crippen LogP contribution in [-0.4, -0.2) is 23.6 Å². The van der Waals surface area contributed by atoms with Crippen LogP contribution >= 0.6 is 11.6 Å². The van der Waals surface area contributed by atoms with Crippen LogP contribution in [0.25, 0.3) is 11.6 Å². The Bertz CT molecular complexity index is 1060. The van der Waals surface area contributed by atoms with Crippen LogP contribution in [0.5, 0.6) is 0 Å². The Morgan fingerprint density at radius 1 is 1.24 bits per heavy atom. The third-order valence-electron chi connectivity index (χ3n) is 3.55. The van der Waals surface area contributed by atoms with Crippen molar-refractivity contribution in [3.05, 3.63) is 46.2 Å². The van der Waals surface area contributed by atoms with Gasteiger partial charge in [0.15, 0.2) is 0 Å². The summed E-state index contributed by atoms with van der Waals surface area (Å²) in [6, 6.07) is 3.68. The highest BCUT2D eigenvalue weighted by molar-refractivity contribution is 7.92. The number of hydrogen-bond acceptors (Lipinski definition) is 5. The number of aryl methyl sites for hydroxylation is 2. The zero-order chi connectivity index (χ0) is 18.4. The van der Waals surface area contributed by atoms with Crippen LogP contribution in [0.1, 0.15) is 17.1 Å². The quantitative estimate of drug-likeness (QED) is 0.715. The van der Waals surface area contributed by atoms with Crippen molar-refractivity contribution in [2.45, 2.75) is 25.7 Å². The molecular weight excluding hydrogens is 371 g/mol. The molecule has 0 amide bonds. The molecule has 0 unspecified atom stereocenters. The van der Waals surface area contributed by atoms with E-state index in [-0.39, 0.29) is 21.5 Å². The molecule has 3 aromatic rings. The molecule has 3 rings (SSSR count). The molecule has 0 aliphatic carbocycles. The number of sulfonamides is 1. The van der Waals surface area contributed by atoms with Gasteiger partial charge in [0.05, 0.1) is 5.69 Å². The summed E-state index contributed by atoms with van der Waals surface area (Å²) >= 11 is 5.68. The second-order valence-electron chi connectivity index (χ2n) is 5.44. The summed E-state index contributed by atoms with van der Waals surface area (Å²) in [5.41, 5.74) is 0.961. The van der Waals surface area contributed by atoms with Gasteiger partial charge in [0.2, 0.25) is 5.89 Å². The van der Waals surface area contributed by atoms with Crippen LogP contribution in [-0.2, 0) is 10.0 Å². The van der Waals surface area contributed by atoms with Crippen molar-refractivity contribution in [2.75, 3.05) is 4.72 Å². The maximum absolute atomic E-state index is 13.9. The van der Waals surface area contributed by atoms with Crippen LogP contribution in [0.3, 0.4) is 0 Å². The first-order valence-corrected chi connectivity index (χ1v) is 9.02. The number of nitrogens with one attached hydrogen (secondary N) is 2. The van der Waals surface area contributed by atoms with E-state index < -0.39 is 15.8 Å². The van der Waals surface area contributed by atoms with E-state index in [4.69, 9.17) is 16.0 Å². The van der Waals surface area contributed by atoms with Gasteiger partial charge in [0, 0.05) is 23.2 Å². The Morgan fingerprint density at radius 3 is 2.56 bits per heavy atom. The van der Waals surface area contributed by atoms with Crippen molar-refractivity contribution in [3.8, 4) is 11.6 Å². The monoisotopic (exact) mass is 384 g/mol. The largest absolute Gasteiger partial charge is 0.420 e. The van der Waals surface area contributed by atoms with Crippen molar-refractivity contribution in [1.29, 1.82) is 0 Å². The van der Waals surface area contributed by atoms with Gasteiger partial charge in [-0.3, -0.25) is 4.72 Å². The molecule has 0 radical (unpaired) electrons. The summed E-state index contributed by atoms with van der Waals surface area (Å²) < 4.78 is 47.0. The summed E-state index contributed by atoms with van der Waals surface area (Å²) in [6.07, 6.45) is 0. The zero-order valence-electron chi connectivity index (χ0n) is 13.5. The molecule has 25 heavy (non-hydrogen) atoms. The third kappa shape index (κ3) is 3.24. The fourth-order valence-electron chi connectivity index (χ4n) is 2.52. The van der Waals surface area contributed by atoms with Crippen molar-refractivity contribution in [1.82, 2.24) is 15.2 Å². The van der Waals surface area contributed by atoms with E-state index in [0.717, 1.165) is 6.07 Å². The molecule has 7 nitrogen and oxygen atoms in total. The van der Waals surface area contributed by atoms with Gasteiger partial charge in [-0.15, -0.1) is 10.2 Å². The van der Waals surface area contributed by atoms with Crippen LogP contribution < -0.4 is 4.72 Å². The van der Waals surface area contributed by atoms with E-state index in [1.54, 1.807) is 20.8 Å². The van der Waals surface area contributed by atoms with Crippen molar-refractivity contribution >= 4 is 27.3 Å². The molecule has 0 atom stereocenters. The number of halogens is 2. The molecule has 0 saturated heterocycles. The standard InChI is InChI=1S/C15H14ClFN4O3S/c1-7-13(15-20-19-9(3)24-15)18-8(2)14(7)25(22,23)21-12-5-4-10(16)6-11(12)17/h4-6,18,21H,1-3H3. The SMILES string of the molecule is Cc1nnc(-c2[nH]c(C)c(S(=O)(=O)Nc3ccc(Cl)cc3F)c2C)o1.